The monoisotopic (exact) mass is 507 g/mol. The lowest BCUT2D eigenvalue weighted by Gasteiger charge is -2.26. The summed E-state index contributed by atoms with van der Waals surface area (Å²) in [6.07, 6.45) is 4.23. The highest BCUT2D eigenvalue weighted by Crippen LogP contribution is 2.24. The van der Waals surface area contributed by atoms with Gasteiger partial charge in [-0.15, -0.1) is 0 Å². The predicted molar refractivity (Wildman–Crippen MR) is 131 cm³/mol. The Labute approximate surface area is 205 Å². The van der Waals surface area contributed by atoms with Crippen molar-refractivity contribution < 1.29 is 22.7 Å². The van der Waals surface area contributed by atoms with E-state index in [0.29, 0.717) is 35.2 Å². The van der Waals surface area contributed by atoms with Gasteiger partial charge in [-0.25, -0.2) is 17.9 Å². The van der Waals surface area contributed by atoms with Gasteiger partial charge < -0.3 is 15.4 Å². The highest BCUT2D eigenvalue weighted by atomic mass is 35.5. The van der Waals surface area contributed by atoms with E-state index in [0.717, 1.165) is 31.2 Å². The van der Waals surface area contributed by atoms with Crippen molar-refractivity contribution in [3.05, 3.63) is 58.6 Å². The summed E-state index contributed by atoms with van der Waals surface area (Å²) in [5.74, 6) is 0.739. The molecule has 0 aromatic heterocycles. The number of amides is 3. The minimum absolute atomic E-state index is 0.00337. The molecule has 1 aliphatic carbocycles. The topological polar surface area (TPSA) is 114 Å². The first-order valence-corrected chi connectivity index (χ1v) is 13.1. The number of hydrogen-bond donors (Lipinski definition) is 3. The molecule has 10 heteroatoms. The Morgan fingerprint density at radius 2 is 1.74 bits per heavy atom. The summed E-state index contributed by atoms with van der Waals surface area (Å²) in [6.45, 7) is 2.51. The van der Waals surface area contributed by atoms with Gasteiger partial charge in [-0.2, -0.15) is 0 Å². The number of urea groups is 1. The van der Waals surface area contributed by atoms with Gasteiger partial charge in [-0.3, -0.25) is 4.79 Å². The van der Waals surface area contributed by atoms with E-state index in [1.54, 1.807) is 24.3 Å². The van der Waals surface area contributed by atoms with Gasteiger partial charge in [-0.1, -0.05) is 30.7 Å². The van der Waals surface area contributed by atoms with Gasteiger partial charge in [-0.05, 0) is 73.9 Å². The number of benzene rings is 2. The lowest BCUT2D eigenvalue weighted by Crippen LogP contribution is -2.45. The first-order chi connectivity index (χ1) is 16.2. The van der Waals surface area contributed by atoms with E-state index in [9.17, 15) is 18.0 Å². The van der Waals surface area contributed by atoms with Crippen molar-refractivity contribution >= 4 is 33.6 Å². The Morgan fingerprint density at radius 3 is 2.38 bits per heavy atom. The fourth-order valence-corrected chi connectivity index (χ4v) is 5.00. The molecule has 0 atom stereocenters. The zero-order valence-electron chi connectivity index (χ0n) is 19.3. The number of methoxy groups -OCH3 is 1. The third kappa shape index (κ3) is 7.11. The average Bonchev–Trinajstić information content (AvgIpc) is 2.80. The first kappa shape index (κ1) is 25.8. The van der Waals surface area contributed by atoms with Crippen LogP contribution in [0.2, 0.25) is 5.02 Å². The SMILES string of the molecule is COc1ccc(Cl)cc1C(=O)NCCc1ccc(S(=O)(=O)NC(=O)NC2CCC(C)CC2)cc1. The van der Waals surface area contributed by atoms with Crippen LogP contribution in [-0.2, 0) is 16.4 Å². The quantitative estimate of drug-likeness (QED) is 0.501. The van der Waals surface area contributed by atoms with Crippen molar-refractivity contribution in [1.29, 1.82) is 0 Å². The third-order valence-corrected chi connectivity index (χ3v) is 7.50. The molecule has 184 valence electrons. The molecule has 0 unspecified atom stereocenters. The van der Waals surface area contributed by atoms with E-state index >= 15 is 0 Å². The molecule has 3 amide bonds. The second kappa shape index (κ2) is 11.6. The van der Waals surface area contributed by atoms with Gasteiger partial charge in [0, 0.05) is 17.6 Å². The molecule has 1 saturated carbocycles. The summed E-state index contributed by atoms with van der Waals surface area (Å²) in [6, 6.07) is 10.3. The first-order valence-electron chi connectivity index (χ1n) is 11.2. The molecule has 0 heterocycles. The maximum absolute atomic E-state index is 12.5. The summed E-state index contributed by atoms with van der Waals surface area (Å²) >= 11 is 5.97. The number of carbonyl (C=O) groups excluding carboxylic acids is 2. The smallest absolute Gasteiger partial charge is 0.328 e. The Balaban J connectivity index is 1.50. The number of rotatable bonds is 8. The van der Waals surface area contributed by atoms with E-state index in [1.807, 2.05) is 0 Å². The molecule has 3 rings (SSSR count). The third-order valence-electron chi connectivity index (χ3n) is 5.92. The van der Waals surface area contributed by atoms with Crippen molar-refractivity contribution in [3.63, 3.8) is 0 Å². The van der Waals surface area contributed by atoms with Crippen molar-refractivity contribution in [1.82, 2.24) is 15.4 Å². The van der Waals surface area contributed by atoms with Crippen LogP contribution < -0.4 is 20.1 Å². The Kier molecular flexibility index (Phi) is 8.79. The number of hydrogen-bond acceptors (Lipinski definition) is 5. The molecule has 2 aromatic carbocycles. The van der Waals surface area contributed by atoms with E-state index in [-0.39, 0.29) is 16.8 Å². The Morgan fingerprint density at radius 1 is 1.06 bits per heavy atom. The van der Waals surface area contributed by atoms with Crippen molar-refractivity contribution in [3.8, 4) is 5.75 Å². The van der Waals surface area contributed by atoms with Crippen molar-refractivity contribution in [2.24, 2.45) is 5.92 Å². The molecule has 1 aliphatic rings. The van der Waals surface area contributed by atoms with Crippen LogP contribution in [0.1, 0.15) is 48.5 Å². The Bertz CT molecular complexity index is 1110. The van der Waals surface area contributed by atoms with E-state index in [1.165, 1.54) is 25.3 Å². The lowest BCUT2D eigenvalue weighted by molar-refractivity contribution is 0.0951. The number of sulfonamides is 1. The van der Waals surface area contributed by atoms with E-state index < -0.39 is 16.1 Å². The minimum atomic E-state index is -3.98. The number of halogens is 1. The maximum Gasteiger partial charge on any atom is 0.328 e. The molecule has 0 saturated heterocycles. The zero-order chi connectivity index (χ0) is 24.7. The molecule has 0 aliphatic heterocycles. The van der Waals surface area contributed by atoms with Crippen LogP contribution in [0, 0.1) is 5.92 Å². The summed E-state index contributed by atoms with van der Waals surface area (Å²) in [7, 11) is -2.50. The second-order valence-electron chi connectivity index (χ2n) is 8.53. The molecule has 8 nitrogen and oxygen atoms in total. The highest BCUT2D eigenvalue weighted by Gasteiger charge is 2.23. The summed E-state index contributed by atoms with van der Waals surface area (Å²) in [5, 5.41) is 5.98. The van der Waals surface area contributed by atoms with Gasteiger partial charge in [0.15, 0.2) is 0 Å². The molecule has 0 bridgehead atoms. The van der Waals surface area contributed by atoms with E-state index in [2.05, 4.69) is 22.3 Å². The van der Waals surface area contributed by atoms with Crippen molar-refractivity contribution in [2.45, 2.75) is 50.0 Å². The number of nitrogens with one attached hydrogen (secondary N) is 3. The highest BCUT2D eigenvalue weighted by molar-refractivity contribution is 7.90. The van der Waals surface area contributed by atoms with Crippen LogP contribution in [0.3, 0.4) is 0 Å². The van der Waals surface area contributed by atoms with E-state index in [4.69, 9.17) is 16.3 Å². The maximum atomic E-state index is 12.5. The predicted octanol–water partition coefficient (Wildman–Crippen LogP) is 3.89. The number of carbonyl (C=O) groups is 2. The lowest BCUT2D eigenvalue weighted by atomic mass is 9.87. The molecule has 34 heavy (non-hydrogen) atoms. The summed E-state index contributed by atoms with van der Waals surface area (Å²) < 4.78 is 32.4. The van der Waals surface area contributed by atoms with Gasteiger partial charge in [0.05, 0.1) is 17.6 Å². The van der Waals surface area contributed by atoms with Gasteiger partial charge >= 0.3 is 6.03 Å². The van der Waals surface area contributed by atoms with Gasteiger partial charge in [0.2, 0.25) is 0 Å². The van der Waals surface area contributed by atoms with Crippen LogP contribution in [-0.4, -0.2) is 40.1 Å². The summed E-state index contributed by atoms with van der Waals surface area (Å²) in [5.41, 5.74) is 1.17. The van der Waals surface area contributed by atoms with Gasteiger partial charge in [0.1, 0.15) is 5.75 Å². The van der Waals surface area contributed by atoms with Crippen molar-refractivity contribution in [2.75, 3.05) is 13.7 Å². The zero-order valence-corrected chi connectivity index (χ0v) is 20.8. The number of ether oxygens (including phenoxy) is 1. The average molecular weight is 508 g/mol. The fourth-order valence-electron chi connectivity index (χ4n) is 3.91. The second-order valence-corrected chi connectivity index (χ2v) is 10.6. The molecule has 3 N–H and O–H groups in total. The molecule has 0 spiro atoms. The van der Waals surface area contributed by atoms with Crippen LogP contribution in [0.5, 0.6) is 5.75 Å². The van der Waals surface area contributed by atoms with Crippen LogP contribution >= 0.6 is 11.6 Å². The minimum Gasteiger partial charge on any atom is -0.496 e. The summed E-state index contributed by atoms with van der Waals surface area (Å²) in [4.78, 5) is 24.6. The normalized spacial score (nSPS) is 18.1. The van der Waals surface area contributed by atoms with Crippen LogP contribution in [0.15, 0.2) is 47.4 Å². The molecular formula is C24H30ClN3O5S. The fraction of sp³-hybridized carbons (Fsp3) is 0.417. The molecule has 0 radical (unpaired) electrons. The standard InChI is InChI=1S/C24H30ClN3O5S/c1-16-3-8-19(9-4-16)27-24(30)28-34(31,32)20-10-5-17(6-11-20)13-14-26-23(29)21-15-18(25)7-12-22(21)33-2/h5-7,10-12,15-16,19H,3-4,8-9,13-14H2,1-2H3,(H,26,29)(H2,27,28,30). The van der Waals surface area contributed by atoms with Gasteiger partial charge in [0.25, 0.3) is 15.9 Å². The Hall–Kier alpha value is -2.78. The molecular weight excluding hydrogens is 478 g/mol. The van der Waals surface area contributed by atoms with Crippen LogP contribution in [0.4, 0.5) is 4.79 Å². The van der Waals surface area contributed by atoms with Crippen LogP contribution in [0.25, 0.3) is 0 Å². The molecule has 1 fully saturated rings. The largest absolute Gasteiger partial charge is 0.496 e. The molecule has 2 aromatic rings.